The largest absolute Gasteiger partial charge is 0.390 e. The number of allylic oxidation sites excluding steroid dienone is 1. The lowest BCUT2D eigenvalue weighted by molar-refractivity contribution is -0.0135. The van der Waals surface area contributed by atoms with E-state index in [1.807, 2.05) is 20.0 Å². The number of pyridine rings is 1. The highest BCUT2D eigenvalue weighted by Crippen LogP contribution is 2.39. The summed E-state index contributed by atoms with van der Waals surface area (Å²) in [5.74, 6) is 1.16. The number of rotatable bonds is 5. The van der Waals surface area contributed by atoms with E-state index in [-0.39, 0.29) is 0 Å². The monoisotopic (exact) mass is 491 g/mol. The average Bonchev–Trinajstić information content (AvgIpc) is 3.51. The molecule has 6 rings (SSSR count). The molecule has 2 saturated heterocycles. The Balaban J connectivity index is 1.38. The van der Waals surface area contributed by atoms with Gasteiger partial charge in [-0.05, 0) is 57.1 Å². The topological polar surface area (TPSA) is 74.6 Å². The van der Waals surface area contributed by atoms with Crippen molar-refractivity contribution in [1.82, 2.24) is 19.9 Å². The fourth-order valence-corrected chi connectivity index (χ4v) is 6.55. The van der Waals surface area contributed by atoms with Crippen molar-refractivity contribution in [3.8, 4) is 11.3 Å². The molecule has 3 aromatic heterocycles. The minimum Gasteiger partial charge on any atom is -0.390 e. The fraction of sp³-hybridized carbons (Fsp3) is 0.519. The molecule has 1 aliphatic carbocycles. The number of morpholine rings is 1. The van der Waals surface area contributed by atoms with Gasteiger partial charge in [-0.25, -0.2) is 9.97 Å². The Morgan fingerprint density at radius 1 is 1.14 bits per heavy atom. The second kappa shape index (κ2) is 9.24. The van der Waals surface area contributed by atoms with Crippen LogP contribution < -0.4 is 4.90 Å². The molecule has 35 heavy (non-hydrogen) atoms. The molecule has 1 N–H and O–H groups in total. The molecule has 0 unspecified atom stereocenters. The molecule has 0 amide bonds. The second-order valence-electron chi connectivity index (χ2n) is 10.4. The van der Waals surface area contributed by atoms with Crippen LogP contribution in [0.15, 0.2) is 23.7 Å². The molecular weight excluding hydrogens is 458 g/mol. The summed E-state index contributed by atoms with van der Waals surface area (Å²) >= 11 is 1.75. The van der Waals surface area contributed by atoms with Gasteiger partial charge in [0, 0.05) is 48.9 Å². The number of aliphatic hydroxyl groups is 1. The molecule has 0 spiro atoms. The molecule has 0 aromatic carbocycles. The van der Waals surface area contributed by atoms with E-state index in [4.69, 9.17) is 14.7 Å². The van der Waals surface area contributed by atoms with E-state index in [2.05, 4.69) is 38.4 Å². The van der Waals surface area contributed by atoms with E-state index in [9.17, 15) is 5.11 Å². The highest BCUT2D eigenvalue weighted by atomic mass is 32.1. The Bertz CT molecular complexity index is 1250. The molecule has 184 valence electrons. The fourth-order valence-electron chi connectivity index (χ4n) is 5.55. The summed E-state index contributed by atoms with van der Waals surface area (Å²) in [5.41, 5.74) is 6.20. The number of aromatic nitrogens is 3. The molecule has 0 bridgehead atoms. The number of hydrogen-bond donors (Lipinski definition) is 1. The van der Waals surface area contributed by atoms with Crippen molar-refractivity contribution in [2.75, 3.05) is 44.3 Å². The third kappa shape index (κ3) is 4.48. The molecular formula is C27H33N5O2S. The molecule has 8 heteroatoms. The highest BCUT2D eigenvalue weighted by Gasteiger charge is 2.31. The van der Waals surface area contributed by atoms with Gasteiger partial charge in [0.25, 0.3) is 0 Å². The van der Waals surface area contributed by atoms with Gasteiger partial charge in [-0.3, -0.25) is 9.88 Å². The van der Waals surface area contributed by atoms with Crippen LogP contribution in [-0.4, -0.2) is 70.0 Å². The van der Waals surface area contributed by atoms with Crippen molar-refractivity contribution >= 4 is 33.6 Å². The predicted molar refractivity (Wildman–Crippen MR) is 141 cm³/mol. The van der Waals surface area contributed by atoms with Crippen LogP contribution >= 0.6 is 11.3 Å². The third-order valence-corrected chi connectivity index (χ3v) is 8.70. The van der Waals surface area contributed by atoms with E-state index in [0.717, 1.165) is 85.1 Å². The van der Waals surface area contributed by atoms with Crippen LogP contribution in [0.5, 0.6) is 0 Å². The van der Waals surface area contributed by atoms with Gasteiger partial charge in [-0.2, -0.15) is 0 Å². The summed E-state index contributed by atoms with van der Waals surface area (Å²) in [6.45, 7) is 9.80. The summed E-state index contributed by atoms with van der Waals surface area (Å²) in [4.78, 5) is 19.6. The van der Waals surface area contributed by atoms with Gasteiger partial charge in [0.2, 0.25) is 5.95 Å². The summed E-state index contributed by atoms with van der Waals surface area (Å²) in [7, 11) is 0. The lowest BCUT2D eigenvalue weighted by Gasteiger charge is -2.37. The van der Waals surface area contributed by atoms with Gasteiger partial charge in [-0.15, -0.1) is 11.3 Å². The van der Waals surface area contributed by atoms with Gasteiger partial charge < -0.3 is 14.7 Å². The zero-order valence-corrected chi connectivity index (χ0v) is 21.4. The van der Waals surface area contributed by atoms with E-state index in [1.54, 1.807) is 11.3 Å². The van der Waals surface area contributed by atoms with Crippen molar-refractivity contribution in [3.05, 3.63) is 40.5 Å². The number of fused-ring (bicyclic) bond motifs is 2. The summed E-state index contributed by atoms with van der Waals surface area (Å²) in [6.07, 6.45) is 9.20. The molecule has 0 radical (unpaired) electrons. The molecule has 3 aliphatic rings. The lowest BCUT2D eigenvalue weighted by atomic mass is 9.83. The van der Waals surface area contributed by atoms with Gasteiger partial charge >= 0.3 is 0 Å². The maximum atomic E-state index is 10.4. The first-order valence-corrected chi connectivity index (χ1v) is 13.6. The van der Waals surface area contributed by atoms with Gasteiger partial charge in [-0.1, -0.05) is 12.2 Å². The van der Waals surface area contributed by atoms with Crippen molar-refractivity contribution in [2.24, 2.45) is 5.92 Å². The second-order valence-corrected chi connectivity index (χ2v) is 11.3. The van der Waals surface area contributed by atoms with Crippen LogP contribution in [0.25, 0.3) is 27.6 Å². The van der Waals surface area contributed by atoms with Crippen molar-refractivity contribution in [3.63, 3.8) is 0 Å². The number of piperidine rings is 1. The number of nitrogens with zero attached hydrogens (tertiary/aromatic N) is 5. The van der Waals surface area contributed by atoms with E-state index >= 15 is 0 Å². The Labute approximate surface area is 210 Å². The first-order chi connectivity index (χ1) is 17.0. The van der Waals surface area contributed by atoms with Crippen molar-refractivity contribution in [1.29, 1.82) is 0 Å². The molecule has 5 heterocycles. The van der Waals surface area contributed by atoms with Gasteiger partial charge in [0.05, 0.1) is 40.4 Å². The Kier molecular flexibility index (Phi) is 6.08. The molecule has 3 aromatic rings. The quantitative estimate of drug-likeness (QED) is 0.575. The number of anilines is 1. The number of hydrogen-bond acceptors (Lipinski definition) is 8. The van der Waals surface area contributed by atoms with Crippen LogP contribution in [0, 0.1) is 5.92 Å². The minimum atomic E-state index is -0.602. The van der Waals surface area contributed by atoms with Gasteiger partial charge in [0.1, 0.15) is 0 Å². The molecule has 7 nitrogen and oxygen atoms in total. The van der Waals surface area contributed by atoms with Gasteiger partial charge in [0.15, 0.2) is 0 Å². The first kappa shape index (κ1) is 23.0. The Morgan fingerprint density at radius 3 is 2.71 bits per heavy atom. The normalized spacial score (nSPS) is 19.6. The molecule has 2 fully saturated rings. The number of thiophene rings is 1. The van der Waals surface area contributed by atoms with E-state index in [0.29, 0.717) is 19.1 Å². The highest BCUT2D eigenvalue weighted by molar-refractivity contribution is 7.17. The zero-order valence-electron chi connectivity index (χ0n) is 20.5. The molecule has 2 aliphatic heterocycles. The van der Waals surface area contributed by atoms with Crippen LogP contribution in [0.2, 0.25) is 0 Å². The smallest absolute Gasteiger partial charge is 0.226 e. The number of likely N-dealkylation sites (tertiary alicyclic amines) is 1. The standard InChI is InChI=1S/C27H33N5O2S/c1-27(2,33)19-7-10-31(11-8-19)16-18-17-35-25-23(18)29-26(32-12-14-34-15-13-32)30-24(25)21-6-9-28-22-5-3-4-20(21)22/h3-4,6,9,17,19,33H,5,7-8,10-16H2,1-2H3. The SMILES string of the molecule is CC(C)(O)C1CCN(Cc2csc3c(-c4ccnc5c4C=CC5)nc(N4CCOCC4)nc23)CC1. The summed E-state index contributed by atoms with van der Waals surface area (Å²) < 4.78 is 6.74. The predicted octanol–water partition coefficient (Wildman–Crippen LogP) is 4.14. The van der Waals surface area contributed by atoms with Crippen LogP contribution in [0.1, 0.15) is 43.5 Å². The van der Waals surface area contributed by atoms with Crippen molar-refractivity contribution in [2.45, 2.75) is 45.3 Å². The molecule has 0 atom stereocenters. The maximum absolute atomic E-state index is 10.4. The van der Waals surface area contributed by atoms with Crippen LogP contribution in [-0.2, 0) is 17.7 Å². The molecule has 0 saturated carbocycles. The van der Waals surface area contributed by atoms with Crippen molar-refractivity contribution < 1.29 is 9.84 Å². The summed E-state index contributed by atoms with van der Waals surface area (Å²) in [5, 5.41) is 12.7. The lowest BCUT2D eigenvalue weighted by Crippen LogP contribution is -2.41. The van der Waals surface area contributed by atoms with E-state index in [1.165, 1.54) is 11.1 Å². The Morgan fingerprint density at radius 2 is 1.94 bits per heavy atom. The van der Waals surface area contributed by atoms with E-state index < -0.39 is 5.60 Å². The Hall–Kier alpha value is -2.39. The maximum Gasteiger partial charge on any atom is 0.226 e. The first-order valence-electron chi connectivity index (χ1n) is 12.7. The number of ether oxygens (including phenoxy) is 1. The zero-order chi connectivity index (χ0) is 24.0. The minimum absolute atomic E-state index is 0.363. The summed E-state index contributed by atoms with van der Waals surface area (Å²) in [6, 6.07) is 2.10. The van der Waals surface area contributed by atoms with Crippen LogP contribution in [0.3, 0.4) is 0 Å². The third-order valence-electron chi connectivity index (χ3n) is 7.67. The average molecular weight is 492 g/mol. The van der Waals surface area contributed by atoms with Crippen LogP contribution in [0.4, 0.5) is 5.95 Å².